The van der Waals surface area contributed by atoms with Gasteiger partial charge in [-0.1, -0.05) is 17.7 Å². The van der Waals surface area contributed by atoms with E-state index in [-0.39, 0.29) is 6.61 Å². The number of ether oxygens (including phenoxy) is 1. The maximum Gasteiger partial charge on any atom is 0.324 e. The summed E-state index contributed by atoms with van der Waals surface area (Å²) in [6.45, 7) is 1.95. The lowest BCUT2D eigenvalue weighted by Crippen LogP contribution is -2.36. The van der Waals surface area contributed by atoms with Crippen LogP contribution < -0.4 is 10.5 Å². The van der Waals surface area contributed by atoms with E-state index in [1.807, 2.05) is 19.1 Å². The molecule has 0 bridgehead atoms. The molecule has 0 amide bonds. The Hall–Kier alpha value is -1.55. The van der Waals surface area contributed by atoms with Crippen LogP contribution in [0.25, 0.3) is 0 Å². The number of nitrogens with two attached hydrogens (primary N) is 1. The minimum atomic E-state index is -1.06. The third-order valence-corrected chi connectivity index (χ3v) is 1.77. The van der Waals surface area contributed by atoms with Gasteiger partial charge in [0.2, 0.25) is 0 Å². The van der Waals surface area contributed by atoms with E-state index in [0.29, 0.717) is 5.75 Å². The molecule has 1 aromatic carbocycles. The van der Waals surface area contributed by atoms with Crippen molar-refractivity contribution in [2.45, 2.75) is 13.0 Å². The molecule has 1 atom stereocenters. The topological polar surface area (TPSA) is 72.5 Å². The van der Waals surface area contributed by atoms with Gasteiger partial charge in [-0.25, -0.2) is 0 Å². The van der Waals surface area contributed by atoms with Crippen LogP contribution in [0.5, 0.6) is 5.75 Å². The van der Waals surface area contributed by atoms with Crippen molar-refractivity contribution in [1.82, 2.24) is 0 Å². The van der Waals surface area contributed by atoms with Crippen LogP contribution in [0.2, 0.25) is 0 Å². The van der Waals surface area contributed by atoms with Crippen molar-refractivity contribution < 1.29 is 14.6 Å². The number of carbonyl (C=O) groups is 1. The maximum absolute atomic E-state index is 10.4. The zero-order valence-corrected chi connectivity index (χ0v) is 7.93. The van der Waals surface area contributed by atoms with Crippen molar-refractivity contribution in [2.75, 3.05) is 6.61 Å². The molecule has 4 heteroatoms. The number of hydrogen-bond donors (Lipinski definition) is 2. The Morgan fingerprint density at radius 3 is 2.57 bits per heavy atom. The molecule has 0 fully saturated rings. The van der Waals surface area contributed by atoms with Gasteiger partial charge in [0, 0.05) is 0 Å². The van der Waals surface area contributed by atoms with Crippen LogP contribution in [0.1, 0.15) is 5.56 Å². The molecule has 3 N–H and O–H groups in total. The van der Waals surface area contributed by atoms with E-state index in [2.05, 4.69) is 0 Å². The molecule has 0 radical (unpaired) electrons. The molecule has 0 saturated carbocycles. The second kappa shape index (κ2) is 4.62. The van der Waals surface area contributed by atoms with Crippen molar-refractivity contribution in [1.29, 1.82) is 0 Å². The minimum absolute atomic E-state index is 0.0155. The number of aliphatic carboxylic acids is 1. The average Bonchev–Trinajstić information content (AvgIpc) is 2.16. The van der Waals surface area contributed by atoms with E-state index in [4.69, 9.17) is 15.6 Å². The molecule has 0 spiro atoms. The lowest BCUT2D eigenvalue weighted by Gasteiger charge is -2.09. The molecular formula is C10H13NO3. The molecule has 14 heavy (non-hydrogen) atoms. The van der Waals surface area contributed by atoms with Crippen LogP contribution in [-0.4, -0.2) is 23.7 Å². The first kappa shape index (κ1) is 10.5. The zero-order valence-electron chi connectivity index (χ0n) is 7.93. The zero-order chi connectivity index (χ0) is 10.6. The Balaban J connectivity index is 2.46. The average molecular weight is 195 g/mol. The Bertz CT molecular complexity index is 308. The molecule has 0 aliphatic heterocycles. The fourth-order valence-corrected chi connectivity index (χ4v) is 0.892. The highest BCUT2D eigenvalue weighted by molar-refractivity contribution is 5.73. The van der Waals surface area contributed by atoms with Gasteiger partial charge >= 0.3 is 5.97 Å². The number of hydrogen-bond acceptors (Lipinski definition) is 3. The van der Waals surface area contributed by atoms with Gasteiger partial charge in [0.05, 0.1) is 0 Å². The summed E-state index contributed by atoms with van der Waals surface area (Å²) in [6.07, 6.45) is 0. The highest BCUT2D eigenvalue weighted by Crippen LogP contribution is 2.11. The van der Waals surface area contributed by atoms with Crippen LogP contribution in [0.4, 0.5) is 0 Å². The Morgan fingerprint density at radius 2 is 2.07 bits per heavy atom. The van der Waals surface area contributed by atoms with E-state index in [1.54, 1.807) is 12.1 Å². The summed E-state index contributed by atoms with van der Waals surface area (Å²) in [7, 11) is 0. The van der Waals surface area contributed by atoms with Crippen LogP contribution in [0.15, 0.2) is 24.3 Å². The number of carboxylic acids is 1. The standard InChI is InChI=1S/C10H13NO3/c1-7-2-4-8(5-3-7)14-6-9(11)10(12)13/h2-5,9H,6,11H2,1H3,(H,12,13). The molecule has 1 unspecified atom stereocenters. The molecule has 76 valence electrons. The lowest BCUT2D eigenvalue weighted by molar-refractivity contribution is -0.139. The first-order chi connectivity index (χ1) is 6.59. The van der Waals surface area contributed by atoms with Gasteiger partial charge in [0.1, 0.15) is 18.4 Å². The quantitative estimate of drug-likeness (QED) is 0.744. The number of aryl methyl sites for hydroxylation is 1. The minimum Gasteiger partial charge on any atom is -0.491 e. The highest BCUT2D eigenvalue weighted by atomic mass is 16.5. The Kier molecular flexibility index (Phi) is 3.48. The first-order valence-electron chi connectivity index (χ1n) is 4.27. The van der Waals surface area contributed by atoms with Crippen LogP contribution in [0.3, 0.4) is 0 Å². The van der Waals surface area contributed by atoms with E-state index < -0.39 is 12.0 Å². The fraction of sp³-hybridized carbons (Fsp3) is 0.300. The van der Waals surface area contributed by atoms with Crippen molar-refractivity contribution in [3.05, 3.63) is 29.8 Å². The summed E-state index contributed by atoms with van der Waals surface area (Å²) in [5.41, 5.74) is 6.39. The van der Waals surface area contributed by atoms with Crippen molar-refractivity contribution in [3.8, 4) is 5.75 Å². The monoisotopic (exact) mass is 195 g/mol. The van der Waals surface area contributed by atoms with Crippen molar-refractivity contribution >= 4 is 5.97 Å². The van der Waals surface area contributed by atoms with Gasteiger partial charge in [-0.15, -0.1) is 0 Å². The van der Waals surface area contributed by atoms with Crippen molar-refractivity contribution in [2.24, 2.45) is 5.73 Å². The number of benzene rings is 1. The first-order valence-corrected chi connectivity index (χ1v) is 4.27. The molecule has 0 aromatic heterocycles. The van der Waals surface area contributed by atoms with Crippen LogP contribution in [-0.2, 0) is 4.79 Å². The predicted molar refractivity (Wildman–Crippen MR) is 52.3 cm³/mol. The maximum atomic E-state index is 10.4. The SMILES string of the molecule is Cc1ccc(OCC(N)C(=O)O)cc1. The fourth-order valence-electron chi connectivity index (χ4n) is 0.892. The lowest BCUT2D eigenvalue weighted by atomic mass is 10.2. The van der Waals surface area contributed by atoms with Gasteiger partial charge in [-0.3, -0.25) is 4.79 Å². The Labute approximate surface area is 82.3 Å². The molecule has 0 aliphatic rings. The summed E-state index contributed by atoms with van der Waals surface area (Å²) in [5.74, 6) is -0.426. The molecule has 1 aromatic rings. The summed E-state index contributed by atoms with van der Waals surface area (Å²) < 4.78 is 5.18. The molecule has 0 aliphatic carbocycles. The van der Waals surface area contributed by atoms with E-state index in [1.165, 1.54) is 0 Å². The van der Waals surface area contributed by atoms with Gasteiger partial charge in [-0.05, 0) is 19.1 Å². The van der Waals surface area contributed by atoms with E-state index >= 15 is 0 Å². The third-order valence-electron chi connectivity index (χ3n) is 1.77. The summed E-state index contributed by atoms with van der Waals surface area (Å²) in [4.78, 5) is 10.4. The number of carboxylic acid groups (broad SMARTS) is 1. The van der Waals surface area contributed by atoms with Crippen LogP contribution >= 0.6 is 0 Å². The molecule has 1 rings (SSSR count). The summed E-state index contributed by atoms with van der Waals surface area (Å²) >= 11 is 0. The second-order valence-electron chi connectivity index (χ2n) is 3.07. The predicted octanol–water partition coefficient (Wildman–Crippen LogP) is 0.786. The van der Waals surface area contributed by atoms with Crippen molar-refractivity contribution in [3.63, 3.8) is 0 Å². The smallest absolute Gasteiger partial charge is 0.324 e. The van der Waals surface area contributed by atoms with Gasteiger partial charge in [0.15, 0.2) is 0 Å². The largest absolute Gasteiger partial charge is 0.491 e. The summed E-state index contributed by atoms with van der Waals surface area (Å²) in [6, 6.07) is 6.37. The van der Waals surface area contributed by atoms with Gasteiger partial charge < -0.3 is 15.6 Å². The molecular weight excluding hydrogens is 182 g/mol. The summed E-state index contributed by atoms with van der Waals surface area (Å²) in [5, 5.41) is 8.50. The second-order valence-corrected chi connectivity index (χ2v) is 3.07. The Morgan fingerprint density at radius 1 is 1.50 bits per heavy atom. The third kappa shape index (κ3) is 3.06. The van der Waals surface area contributed by atoms with Crippen LogP contribution in [0, 0.1) is 6.92 Å². The van der Waals surface area contributed by atoms with Gasteiger partial charge in [0.25, 0.3) is 0 Å². The highest BCUT2D eigenvalue weighted by Gasteiger charge is 2.11. The van der Waals surface area contributed by atoms with E-state index in [9.17, 15) is 4.79 Å². The number of rotatable bonds is 4. The van der Waals surface area contributed by atoms with Gasteiger partial charge in [-0.2, -0.15) is 0 Å². The molecule has 4 nitrogen and oxygen atoms in total. The molecule has 0 saturated heterocycles. The normalized spacial score (nSPS) is 12.1. The molecule has 0 heterocycles. The van der Waals surface area contributed by atoms with E-state index in [0.717, 1.165) is 5.56 Å².